The van der Waals surface area contributed by atoms with E-state index in [4.69, 9.17) is 4.55 Å². The van der Waals surface area contributed by atoms with Crippen LogP contribution in [0.1, 0.15) is 6.92 Å². The first-order valence-corrected chi connectivity index (χ1v) is 3.94. The SMILES string of the molecule is COC(=O)C(C)S(=O)(=O)O. The maximum atomic E-state index is 10.4. The van der Waals surface area contributed by atoms with Gasteiger partial charge in [0.2, 0.25) is 0 Å². The quantitative estimate of drug-likeness (QED) is 0.441. The Labute approximate surface area is 58.7 Å². The Hall–Kier alpha value is -0.620. The molecule has 0 bridgehead atoms. The molecule has 6 heteroatoms. The summed E-state index contributed by atoms with van der Waals surface area (Å²) in [6.07, 6.45) is 0. The van der Waals surface area contributed by atoms with Gasteiger partial charge in [0.05, 0.1) is 7.11 Å². The molecule has 1 N–H and O–H groups in total. The molecule has 0 aliphatic rings. The molecule has 0 aliphatic heterocycles. The Morgan fingerprint density at radius 3 is 2.10 bits per heavy atom. The van der Waals surface area contributed by atoms with Crippen molar-refractivity contribution in [1.82, 2.24) is 0 Å². The summed E-state index contributed by atoms with van der Waals surface area (Å²) in [5.41, 5.74) is 0. The van der Waals surface area contributed by atoms with E-state index >= 15 is 0 Å². The fourth-order valence-corrected chi connectivity index (χ4v) is 0.627. The maximum Gasteiger partial charge on any atom is 0.326 e. The molecule has 0 aromatic heterocycles. The van der Waals surface area contributed by atoms with Crippen molar-refractivity contribution in [1.29, 1.82) is 0 Å². The molecular weight excluding hydrogens is 160 g/mol. The van der Waals surface area contributed by atoms with Gasteiger partial charge in [-0.15, -0.1) is 0 Å². The van der Waals surface area contributed by atoms with Crippen molar-refractivity contribution >= 4 is 16.1 Å². The molecule has 0 spiro atoms. The average molecular weight is 168 g/mol. The first kappa shape index (κ1) is 9.38. The minimum Gasteiger partial charge on any atom is -0.468 e. The van der Waals surface area contributed by atoms with E-state index in [0.29, 0.717) is 0 Å². The molecule has 0 amide bonds. The van der Waals surface area contributed by atoms with Gasteiger partial charge in [0.1, 0.15) is 0 Å². The third-order valence-corrected chi connectivity index (χ3v) is 2.07. The zero-order valence-corrected chi connectivity index (χ0v) is 6.38. The highest BCUT2D eigenvalue weighted by Gasteiger charge is 2.26. The summed E-state index contributed by atoms with van der Waals surface area (Å²) in [5.74, 6) is -0.970. The number of hydrogen-bond acceptors (Lipinski definition) is 4. The normalized spacial score (nSPS) is 14.3. The first-order chi connectivity index (χ1) is 4.39. The molecule has 0 aromatic rings. The number of hydrogen-bond donors (Lipinski definition) is 1. The number of carbonyl (C=O) groups excluding carboxylic acids is 1. The van der Waals surface area contributed by atoms with Gasteiger partial charge in [0.25, 0.3) is 10.1 Å². The first-order valence-electron chi connectivity index (χ1n) is 2.43. The molecule has 0 rings (SSSR count). The molecule has 0 fully saturated rings. The standard InChI is InChI=1S/C4H8O5S/c1-3(4(5)9-2)10(6,7)8/h3H,1-2H3,(H,6,7,8). The zero-order valence-electron chi connectivity index (χ0n) is 5.57. The predicted molar refractivity (Wildman–Crippen MR) is 33.0 cm³/mol. The largest absolute Gasteiger partial charge is 0.468 e. The lowest BCUT2D eigenvalue weighted by Crippen LogP contribution is -2.27. The van der Waals surface area contributed by atoms with Crippen molar-refractivity contribution in [2.45, 2.75) is 12.2 Å². The van der Waals surface area contributed by atoms with Crippen LogP contribution in [0.2, 0.25) is 0 Å². The smallest absolute Gasteiger partial charge is 0.326 e. The van der Waals surface area contributed by atoms with Crippen molar-refractivity contribution in [2.75, 3.05) is 7.11 Å². The summed E-state index contributed by atoms with van der Waals surface area (Å²) in [6, 6.07) is 0. The van der Waals surface area contributed by atoms with Crippen molar-refractivity contribution in [3.8, 4) is 0 Å². The van der Waals surface area contributed by atoms with Gasteiger partial charge in [-0.3, -0.25) is 9.35 Å². The zero-order chi connectivity index (χ0) is 8.36. The highest BCUT2D eigenvalue weighted by Crippen LogP contribution is 1.98. The minimum absolute atomic E-state index is 0.970. The third kappa shape index (κ3) is 2.32. The fourth-order valence-electron chi connectivity index (χ4n) is 0.288. The lowest BCUT2D eigenvalue weighted by atomic mass is 10.5. The number of esters is 1. The van der Waals surface area contributed by atoms with Crippen molar-refractivity contribution < 1.29 is 22.5 Å². The van der Waals surface area contributed by atoms with Crippen molar-refractivity contribution in [3.05, 3.63) is 0 Å². The fraction of sp³-hybridized carbons (Fsp3) is 0.750. The predicted octanol–water partition coefficient (Wildman–Crippen LogP) is -0.564. The van der Waals surface area contributed by atoms with Gasteiger partial charge in [-0.25, -0.2) is 0 Å². The molecule has 0 saturated carbocycles. The Morgan fingerprint density at radius 2 is 2.00 bits per heavy atom. The summed E-state index contributed by atoms with van der Waals surface area (Å²) >= 11 is 0. The molecule has 10 heavy (non-hydrogen) atoms. The minimum atomic E-state index is -4.29. The van der Waals surface area contributed by atoms with Gasteiger partial charge in [-0.2, -0.15) is 8.42 Å². The van der Waals surface area contributed by atoms with Crippen LogP contribution in [0.25, 0.3) is 0 Å². The van der Waals surface area contributed by atoms with E-state index < -0.39 is 21.3 Å². The van der Waals surface area contributed by atoms with E-state index in [9.17, 15) is 13.2 Å². The molecule has 0 aromatic carbocycles. The van der Waals surface area contributed by atoms with Crippen molar-refractivity contribution in [3.63, 3.8) is 0 Å². The lowest BCUT2D eigenvalue weighted by Gasteiger charge is -2.03. The summed E-state index contributed by atoms with van der Waals surface area (Å²) in [5, 5.41) is -1.50. The molecule has 1 atom stereocenters. The van der Waals surface area contributed by atoms with E-state index in [1.54, 1.807) is 0 Å². The van der Waals surface area contributed by atoms with Gasteiger partial charge in [-0.1, -0.05) is 0 Å². The van der Waals surface area contributed by atoms with Gasteiger partial charge >= 0.3 is 5.97 Å². The average Bonchev–Trinajstić information content (AvgIpc) is 1.83. The molecule has 1 unspecified atom stereocenters. The van der Waals surface area contributed by atoms with E-state index in [1.807, 2.05) is 0 Å². The molecule has 0 radical (unpaired) electrons. The lowest BCUT2D eigenvalue weighted by molar-refractivity contribution is -0.139. The Morgan fingerprint density at radius 1 is 1.60 bits per heavy atom. The highest BCUT2D eigenvalue weighted by atomic mass is 32.2. The third-order valence-electron chi connectivity index (χ3n) is 0.980. The highest BCUT2D eigenvalue weighted by molar-refractivity contribution is 7.87. The van der Waals surface area contributed by atoms with Crippen molar-refractivity contribution in [2.24, 2.45) is 0 Å². The van der Waals surface area contributed by atoms with E-state index in [0.717, 1.165) is 14.0 Å². The molecule has 0 aliphatic carbocycles. The Bertz CT molecular complexity index is 216. The summed E-state index contributed by atoms with van der Waals surface area (Å²) in [4.78, 5) is 10.4. The van der Waals surface area contributed by atoms with Crippen LogP contribution < -0.4 is 0 Å². The Kier molecular flexibility index (Phi) is 2.79. The summed E-state index contributed by atoms with van der Waals surface area (Å²) in [7, 11) is -3.24. The summed E-state index contributed by atoms with van der Waals surface area (Å²) < 4.78 is 32.7. The maximum absolute atomic E-state index is 10.4. The van der Waals surface area contributed by atoms with E-state index in [-0.39, 0.29) is 0 Å². The van der Waals surface area contributed by atoms with Crippen LogP contribution in [-0.4, -0.2) is 31.3 Å². The second kappa shape index (κ2) is 2.98. The molecule has 0 saturated heterocycles. The Balaban J connectivity index is 4.39. The summed E-state index contributed by atoms with van der Waals surface area (Å²) in [6.45, 7) is 1.04. The van der Waals surface area contributed by atoms with Gasteiger partial charge in [0.15, 0.2) is 5.25 Å². The number of carbonyl (C=O) groups is 1. The molecule has 60 valence electrons. The number of rotatable bonds is 2. The number of ether oxygens (including phenoxy) is 1. The molecular formula is C4H8O5S. The van der Waals surface area contributed by atoms with Crippen LogP contribution in [0.15, 0.2) is 0 Å². The van der Waals surface area contributed by atoms with Gasteiger partial charge in [0, 0.05) is 0 Å². The van der Waals surface area contributed by atoms with Gasteiger partial charge in [-0.05, 0) is 6.92 Å². The van der Waals surface area contributed by atoms with Crippen LogP contribution in [0, 0.1) is 0 Å². The molecule has 5 nitrogen and oxygen atoms in total. The van der Waals surface area contributed by atoms with Crippen LogP contribution in [0.4, 0.5) is 0 Å². The van der Waals surface area contributed by atoms with Crippen LogP contribution in [0.3, 0.4) is 0 Å². The second-order valence-electron chi connectivity index (χ2n) is 1.68. The van der Waals surface area contributed by atoms with E-state index in [1.165, 1.54) is 0 Å². The molecule has 0 heterocycles. The second-order valence-corrected chi connectivity index (χ2v) is 3.42. The van der Waals surface area contributed by atoms with E-state index in [2.05, 4.69) is 4.74 Å². The topological polar surface area (TPSA) is 80.7 Å². The van der Waals surface area contributed by atoms with Crippen LogP contribution in [-0.2, 0) is 19.6 Å². The van der Waals surface area contributed by atoms with Gasteiger partial charge < -0.3 is 4.74 Å². The van der Waals surface area contributed by atoms with Crippen LogP contribution in [0.5, 0.6) is 0 Å². The number of methoxy groups -OCH3 is 1. The monoisotopic (exact) mass is 168 g/mol. The van der Waals surface area contributed by atoms with Crippen LogP contribution >= 0.6 is 0 Å².